The molecule has 1 amide bonds. The van der Waals surface area contributed by atoms with Gasteiger partial charge in [-0.1, -0.05) is 212 Å². The van der Waals surface area contributed by atoms with Gasteiger partial charge in [0.05, 0.1) is 25.4 Å². The Bertz CT molecular complexity index is 1080. The monoisotopic (exact) mass is 898 g/mol. The Hall–Kier alpha value is -1.41. The molecule has 1 fully saturated rings. The number of unbranched alkanes of at least 4 members (excludes halogenated alkanes) is 28. The van der Waals surface area contributed by atoms with E-state index in [1.807, 2.05) is 0 Å². The number of hydrogen-bond donors (Lipinski definition) is 8. The number of carbonyl (C=O) groups excluding carboxylic acids is 1. The summed E-state index contributed by atoms with van der Waals surface area (Å²) in [5.74, 6) is -0.704. The Morgan fingerprint density at radius 2 is 0.968 bits per heavy atom. The lowest BCUT2D eigenvalue weighted by Crippen LogP contribution is -2.60. The van der Waals surface area contributed by atoms with Crippen LogP contribution in [-0.2, 0) is 14.3 Å². The molecule has 1 saturated heterocycles. The molecule has 372 valence electrons. The largest absolute Gasteiger partial charge is 0.394 e. The van der Waals surface area contributed by atoms with Crippen molar-refractivity contribution < 1.29 is 50.0 Å². The minimum absolute atomic E-state index is 0.249. The first-order valence-electron chi connectivity index (χ1n) is 26.2. The third-order valence-electron chi connectivity index (χ3n) is 12.8. The molecule has 0 saturated carbocycles. The number of aliphatic hydroxyl groups excluding tert-OH is 7. The molecule has 63 heavy (non-hydrogen) atoms. The Balaban J connectivity index is 2.38. The molecule has 0 aromatic carbocycles. The molecule has 0 radical (unpaired) electrons. The minimum Gasteiger partial charge on any atom is -0.394 e. The summed E-state index contributed by atoms with van der Waals surface area (Å²) in [6.45, 7) is 3.43. The molecular formula is C52H99NO10. The van der Waals surface area contributed by atoms with E-state index >= 15 is 0 Å². The van der Waals surface area contributed by atoms with Gasteiger partial charge in [-0.05, 0) is 44.9 Å². The molecule has 1 rings (SSSR count). The van der Waals surface area contributed by atoms with Gasteiger partial charge >= 0.3 is 0 Å². The van der Waals surface area contributed by atoms with E-state index in [0.717, 1.165) is 64.2 Å². The van der Waals surface area contributed by atoms with Crippen LogP contribution in [0.4, 0.5) is 0 Å². The molecular weight excluding hydrogens is 799 g/mol. The van der Waals surface area contributed by atoms with Crippen molar-refractivity contribution in [2.24, 2.45) is 0 Å². The normalized spacial score (nSPS) is 21.3. The molecule has 0 aromatic rings. The second kappa shape index (κ2) is 42.0. The molecule has 11 nitrogen and oxygen atoms in total. The van der Waals surface area contributed by atoms with Crippen molar-refractivity contribution in [3.63, 3.8) is 0 Å². The number of allylic oxidation sites excluding steroid dienone is 4. The summed E-state index contributed by atoms with van der Waals surface area (Å²) in [5, 5.41) is 75.9. The van der Waals surface area contributed by atoms with Crippen LogP contribution >= 0.6 is 0 Å². The average Bonchev–Trinajstić information content (AvgIpc) is 3.28. The van der Waals surface area contributed by atoms with Crippen LogP contribution in [0.5, 0.6) is 0 Å². The Morgan fingerprint density at radius 1 is 0.556 bits per heavy atom. The first kappa shape index (κ1) is 59.6. The number of rotatable bonds is 44. The van der Waals surface area contributed by atoms with Crippen LogP contribution in [0.25, 0.3) is 0 Å². The Morgan fingerprint density at radius 3 is 1.44 bits per heavy atom. The predicted octanol–water partition coefficient (Wildman–Crippen LogP) is 9.79. The van der Waals surface area contributed by atoms with E-state index in [9.17, 15) is 40.5 Å². The molecule has 1 aliphatic rings. The molecule has 0 spiro atoms. The molecule has 11 heteroatoms. The van der Waals surface area contributed by atoms with Crippen molar-refractivity contribution >= 4 is 5.91 Å². The fourth-order valence-corrected chi connectivity index (χ4v) is 8.41. The molecule has 0 aliphatic carbocycles. The number of ether oxygens (including phenoxy) is 2. The van der Waals surface area contributed by atoms with Crippen LogP contribution in [0.2, 0.25) is 0 Å². The number of carbonyl (C=O) groups is 1. The SMILES string of the molecule is CCCCC/C=C\C/C=C\CCCCCCCCC(O)C(=O)NC(COC1OC(CO)C(O)C(O)C1O)C(O)C(O)CCCCCCCCCCCCCCCCCCCCCC. The zero-order valence-electron chi connectivity index (χ0n) is 40.3. The highest BCUT2D eigenvalue weighted by molar-refractivity contribution is 5.80. The average molecular weight is 898 g/mol. The van der Waals surface area contributed by atoms with E-state index in [0.29, 0.717) is 19.3 Å². The van der Waals surface area contributed by atoms with Gasteiger partial charge in [0, 0.05) is 0 Å². The topological polar surface area (TPSA) is 189 Å². The molecule has 1 heterocycles. The lowest BCUT2D eigenvalue weighted by molar-refractivity contribution is -0.303. The molecule has 1 aliphatic heterocycles. The maximum Gasteiger partial charge on any atom is 0.249 e. The zero-order valence-corrected chi connectivity index (χ0v) is 40.3. The van der Waals surface area contributed by atoms with Gasteiger partial charge in [0.1, 0.15) is 36.6 Å². The number of hydrogen-bond acceptors (Lipinski definition) is 10. The number of nitrogens with one attached hydrogen (secondary N) is 1. The lowest BCUT2D eigenvalue weighted by atomic mass is 9.98. The Kier molecular flexibility index (Phi) is 39.7. The maximum absolute atomic E-state index is 13.1. The summed E-state index contributed by atoms with van der Waals surface area (Å²) in [7, 11) is 0. The first-order chi connectivity index (χ1) is 30.7. The molecule has 8 N–H and O–H groups in total. The van der Waals surface area contributed by atoms with Crippen LogP contribution in [0, 0.1) is 0 Å². The second-order valence-electron chi connectivity index (χ2n) is 18.6. The van der Waals surface area contributed by atoms with Gasteiger partial charge in [0.25, 0.3) is 0 Å². The van der Waals surface area contributed by atoms with E-state index in [4.69, 9.17) is 9.47 Å². The standard InChI is InChI=1S/C52H99NO10/c1-3-5-7-9-11-13-15-17-19-21-22-23-24-26-27-29-31-33-35-37-39-44(55)47(57)43(42-62-52-50(60)49(59)48(58)46(41-54)63-52)53-51(61)45(56)40-38-36-34-32-30-28-25-20-18-16-14-12-10-8-6-4-2/h12,14,18,20,43-50,52,54-60H,3-11,13,15-17,19,21-42H2,1-2H3,(H,53,61)/b14-12-,20-18-. The van der Waals surface area contributed by atoms with Crippen LogP contribution in [0.1, 0.15) is 232 Å². The number of aliphatic hydroxyl groups is 7. The van der Waals surface area contributed by atoms with E-state index in [2.05, 4.69) is 43.5 Å². The van der Waals surface area contributed by atoms with Crippen molar-refractivity contribution in [1.82, 2.24) is 5.32 Å². The summed E-state index contributed by atoms with van der Waals surface area (Å²) in [6.07, 6.45) is 36.4. The van der Waals surface area contributed by atoms with Crippen molar-refractivity contribution in [3.05, 3.63) is 24.3 Å². The highest BCUT2D eigenvalue weighted by Crippen LogP contribution is 2.23. The highest BCUT2D eigenvalue weighted by Gasteiger charge is 2.44. The fraction of sp³-hybridized carbons (Fsp3) is 0.904. The van der Waals surface area contributed by atoms with Gasteiger partial charge in [-0.15, -0.1) is 0 Å². The minimum atomic E-state index is -1.66. The van der Waals surface area contributed by atoms with Crippen molar-refractivity contribution in [2.45, 2.75) is 287 Å². The zero-order chi connectivity index (χ0) is 46.2. The van der Waals surface area contributed by atoms with Gasteiger partial charge in [0.2, 0.25) is 5.91 Å². The molecule has 9 atom stereocenters. The van der Waals surface area contributed by atoms with E-state index in [1.54, 1.807) is 0 Å². The third kappa shape index (κ3) is 31.2. The fourth-order valence-electron chi connectivity index (χ4n) is 8.41. The van der Waals surface area contributed by atoms with Gasteiger partial charge in [-0.2, -0.15) is 0 Å². The van der Waals surface area contributed by atoms with Gasteiger partial charge in [0.15, 0.2) is 6.29 Å². The Labute approximate surface area is 384 Å². The highest BCUT2D eigenvalue weighted by atomic mass is 16.7. The van der Waals surface area contributed by atoms with Gasteiger partial charge in [-0.3, -0.25) is 4.79 Å². The number of amides is 1. The van der Waals surface area contributed by atoms with Gasteiger partial charge < -0.3 is 50.5 Å². The van der Waals surface area contributed by atoms with Crippen molar-refractivity contribution in [1.29, 1.82) is 0 Å². The molecule has 9 unspecified atom stereocenters. The van der Waals surface area contributed by atoms with Crippen LogP contribution in [0.15, 0.2) is 24.3 Å². The molecule has 0 aromatic heterocycles. The predicted molar refractivity (Wildman–Crippen MR) is 256 cm³/mol. The van der Waals surface area contributed by atoms with Crippen molar-refractivity contribution in [2.75, 3.05) is 13.2 Å². The quantitative estimate of drug-likeness (QED) is 0.0216. The third-order valence-corrected chi connectivity index (χ3v) is 12.8. The van der Waals surface area contributed by atoms with E-state index in [1.165, 1.54) is 128 Å². The summed E-state index contributed by atoms with van der Waals surface area (Å²) in [4.78, 5) is 13.1. The summed E-state index contributed by atoms with van der Waals surface area (Å²) >= 11 is 0. The summed E-state index contributed by atoms with van der Waals surface area (Å²) in [6, 6.07) is -1.17. The van der Waals surface area contributed by atoms with Crippen molar-refractivity contribution in [3.8, 4) is 0 Å². The van der Waals surface area contributed by atoms with E-state index < -0.39 is 74.2 Å². The smallest absolute Gasteiger partial charge is 0.249 e. The van der Waals surface area contributed by atoms with Crippen LogP contribution in [0.3, 0.4) is 0 Å². The van der Waals surface area contributed by atoms with Gasteiger partial charge in [-0.25, -0.2) is 0 Å². The summed E-state index contributed by atoms with van der Waals surface area (Å²) < 4.78 is 11.1. The maximum atomic E-state index is 13.1. The van der Waals surface area contributed by atoms with E-state index in [-0.39, 0.29) is 6.42 Å². The lowest BCUT2D eigenvalue weighted by Gasteiger charge is -2.40. The second-order valence-corrected chi connectivity index (χ2v) is 18.6. The first-order valence-corrected chi connectivity index (χ1v) is 26.2. The molecule has 0 bridgehead atoms. The van der Waals surface area contributed by atoms with Crippen LogP contribution in [-0.4, -0.2) is 110 Å². The van der Waals surface area contributed by atoms with Crippen LogP contribution < -0.4 is 5.32 Å². The summed E-state index contributed by atoms with van der Waals surface area (Å²) in [5.41, 5.74) is 0.